The van der Waals surface area contributed by atoms with Crippen LogP contribution in [-0.2, 0) is 6.54 Å². The number of nitrogens with one attached hydrogen (secondary N) is 1. The van der Waals surface area contributed by atoms with Crippen LogP contribution in [0.3, 0.4) is 0 Å². The Morgan fingerprint density at radius 2 is 1.67 bits per heavy atom. The first-order valence-electron chi connectivity index (χ1n) is 6.76. The number of benzene rings is 2. The fourth-order valence-corrected chi connectivity index (χ4v) is 2.53. The molecule has 0 aliphatic carbocycles. The van der Waals surface area contributed by atoms with Crippen LogP contribution in [0.1, 0.15) is 22.9 Å². The van der Waals surface area contributed by atoms with Gasteiger partial charge in [-0.3, -0.25) is 0 Å². The largest absolute Gasteiger partial charge is 0.364 e. The zero-order valence-corrected chi connectivity index (χ0v) is 13.0. The van der Waals surface area contributed by atoms with E-state index in [1.165, 1.54) is 11.1 Å². The second kappa shape index (κ2) is 6.70. The summed E-state index contributed by atoms with van der Waals surface area (Å²) < 4.78 is 5.96. The Balaban J connectivity index is 1.85. The zero-order chi connectivity index (χ0) is 14.5. The summed E-state index contributed by atoms with van der Waals surface area (Å²) in [4.78, 5) is 0. The van der Waals surface area contributed by atoms with E-state index in [1.54, 1.807) is 6.26 Å². The predicted octanol–water partition coefficient (Wildman–Crippen LogP) is 4.32. The van der Waals surface area contributed by atoms with Crippen molar-refractivity contribution in [1.82, 2.24) is 10.5 Å². The lowest BCUT2D eigenvalue weighted by atomic mass is 9.99. The summed E-state index contributed by atoms with van der Waals surface area (Å²) in [7, 11) is 0. The number of halogens is 1. The molecule has 1 heterocycles. The van der Waals surface area contributed by atoms with Crippen LogP contribution in [0.4, 0.5) is 0 Å². The van der Waals surface area contributed by atoms with E-state index in [1.807, 2.05) is 12.1 Å². The van der Waals surface area contributed by atoms with E-state index in [2.05, 4.69) is 74.9 Å². The first-order chi connectivity index (χ1) is 10.3. The van der Waals surface area contributed by atoms with Gasteiger partial charge in [0, 0.05) is 17.1 Å². The highest BCUT2D eigenvalue weighted by atomic mass is 79.9. The van der Waals surface area contributed by atoms with Gasteiger partial charge in [0.2, 0.25) is 0 Å². The van der Waals surface area contributed by atoms with Crippen LogP contribution in [0.15, 0.2) is 75.9 Å². The molecule has 0 saturated heterocycles. The Morgan fingerprint density at radius 3 is 2.33 bits per heavy atom. The summed E-state index contributed by atoms with van der Waals surface area (Å²) in [6.07, 6.45) is 1.59. The Labute approximate surface area is 132 Å². The van der Waals surface area contributed by atoms with Gasteiger partial charge in [-0.2, -0.15) is 0 Å². The molecule has 0 amide bonds. The molecule has 0 aliphatic heterocycles. The summed E-state index contributed by atoms with van der Waals surface area (Å²) in [5, 5.41) is 7.48. The number of aromatic nitrogens is 1. The third-order valence-electron chi connectivity index (χ3n) is 3.31. The monoisotopic (exact) mass is 342 g/mol. The Morgan fingerprint density at radius 1 is 0.952 bits per heavy atom. The summed E-state index contributed by atoms with van der Waals surface area (Å²) >= 11 is 3.48. The zero-order valence-electron chi connectivity index (χ0n) is 11.4. The molecule has 0 fully saturated rings. The van der Waals surface area contributed by atoms with Gasteiger partial charge >= 0.3 is 0 Å². The van der Waals surface area contributed by atoms with E-state index in [-0.39, 0.29) is 6.04 Å². The molecule has 0 spiro atoms. The van der Waals surface area contributed by atoms with E-state index < -0.39 is 0 Å². The van der Waals surface area contributed by atoms with Crippen molar-refractivity contribution in [3.05, 3.63) is 88.2 Å². The van der Waals surface area contributed by atoms with Gasteiger partial charge in [0.05, 0.1) is 11.7 Å². The minimum atomic E-state index is 0.121. The molecular weight excluding hydrogens is 328 g/mol. The third kappa shape index (κ3) is 3.60. The molecule has 0 radical (unpaired) electrons. The first-order valence-corrected chi connectivity index (χ1v) is 7.55. The highest BCUT2D eigenvalue weighted by Crippen LogP contribution is 2.24. The van der Waals surface area contributed by atoms with Crippen molar-refractivity contribution in [1.29, 1.82) is 0 Å². The highest BCUT2D eigenvalue weighted by molar-refractivity contribution is 9.10. The predicted molar refractivity (Wildman–Crippen MR) is 85.8 cm³/mol. The quantitative estimate of drug-likeness (QED) is 0.750. The van der Waals surface area contributed by atoms with Crippen LogP contribution in [0, 0.1) is 0 Å². The summed E-state index contributed by atoms with van der Waals surface area (Å²) in [6.45, 7) is 0.659. The first kappa shape index (κ1) is 14.0. The van der Waals surface area contributed by atoms with Crippen molar-refractivity contribution in [3.63, 3.8) is 0 Å². The van der Waals surface area contributed by atoms with Gasteiger partial charge in [-0.1, -0.05) is 63.6 Å². The third-order valence-corrected chi connectivity index (χ3v) is 3.84. The van der Waals surface area contributed by atoms with Gasteiger partial charge in [-0.05, 0) is 23.3 Å². The molecule has 1 aromatic heterocycles. The van der Waals surface area contributed by atoms with E-state index in [4.69, 9.17) is 4.52 Å². The van der Waals surface area contributed by atoms with Gasteiger partial charge in [-0.25, -0.2) is 0 Å². The van der Waals surface area contributed by atoms with Crippen LogP contribution in [0.25, 0.3) is 0 Å². The molecule has 0 saturated carbocycles. The molecule has 0 bridgehead atoms. The summed E-state index contributed by atoms with van der Waals surface area (Å²) in [6, 6.07) is 20.7. The highest BCUT2D eigenvalue weighted by Gasteiger charge is 2.13. The van der Waals surface area contributed by atoms with Crippen molar-refractivity contribution in [3.8, 4) is 0 Å². The lowest BCUT2D eigenvalue weighted by Crippen LogP contribution is -2.22. The van der Waals surface area contributed by atoms with Gasteiger partial charge in [-0.15, -0.1) is 0 Å². The van der Waals surface area contributed by atoms with Crippen LogP contribution < -0.4 is 5.32 Å². The lowest BCUT2D eigenvalue weighted by Gasteiger charge is -2.19. The minimum absolute atomic E-state index is 0.121. The second-order valence-corrected chi connectivity index (χ2v) is 5.68. The smallest absolute Gasteiger partial charge is 0.124 e. The van der Waals surface area contributed by atoms with Crippen molar-refractivity contribution in [2.24, 2.45) is 0 Å². The van der Waals surface area contributed by atoms with Crippen molar-refractivity contribution in [2.45, 2.75) is 12.6 Å². The van der Waals surface area contributed by atoms with Gasteiger partial charge in [0.15, 0.2) is 0 Å². The maximum Gasteiger partial charge on any atom is 0.124 e. The normalized spacial score (nSPS) is 12.2. The van der Waals surface area contributed by atoms with E-state index in [0.29, 0.717) is 6.54 Å². The van der Waals surface area contributed by atoms with Crippen LogP contribution in [0.2, 0.25) is 0 Å². The van der Waals surface area contributed by atoms with Crippen LogP contribution in [-0.4, -0.2) is 5.16 Å². The summed E-state index contributed by atoms with van der Waals surface area (Å²) in [5.74, 6) is 0. The molecule has 2 aromatic carbocycles. The Hall–Kier alpha value is -1.91. The average Bonchev–Trinajstić information content (AvgIpc) is 3.04. The topological polar surface area (TPSA) is 38.1 Å². The molecule has 106 valence electrons. The van der Waals surface area contributed by atoms with Crippen molar-refractivity contribution >= 4 is 15.9 Å². The van der Waals surface area contributed by atoms with E-state index in [0.717, 1.165) is 10.2 Å². The van der Waals surface area contributed by atoms with Crippen molar-refractivity contribution in [2.75, 3.05) is 0 Å². The number of hydrogen-bond donors (Lipinski definition) is 1. The van der Waals surface area contributed by atoms with Gasteiger partial charge in [0.1, 0.15) is 6.26 Å². The molecule has 1 atom stereocenters. The molecular formula is C17H15BrN2O. The van der Waals surface area contributed by atoms with Gasteiger partial charge < -0.3 is 9.84 Å². The van der Waals surface area contributed by atoms with E-state index in [9.17, 15) is 0 Å². The molecule has 4 heteroatoms. The number of rotatable bonds is 5. The Bertz CT molecular complexity index is 666. The fraction of sp³-hybridized carbons (Fsp3) is 0.118. The van der Waals surface area contributed by atoms with Crippen LogP contribution in [0.5, 0.6) is 0 Å². The summed E-state index contributed by atoms with van der Waals surface area (Å²) in [5.41, 5.74) is 3.34. The molecule has 1 N–H and O–H groups in total. The van der Waals surface area contributed by atoms with Gasteiger partial charge in [0.25, 0.3) is 0 Å². The molecule has 3 nitrogen and oxygen atoms in total. The molecule has 21 heavy (non-hydrogen) atoms. The molecule has 3 aromatic rings. The molecule has 0 unspecified atom stereocenters. The minimum Gasteiger partial charge on any atom is -0.364 e. The number of nitrogens with zero attached hydrogens (tertiary/aromatic N) is 1. The molecule has 3 rings (SSSR count). The standard InChI is InChI=1S/C17H15BrN2O/c18-15-8-6-14(7-9-15)17(13-4-2-1-3-5-13)19-12-16-10-11-21-20-16/h1-11,17,19H,12H2/t17-/m1/s1. The van der Waals surface area contributed by atoms with E-state index >= 15 is 0 Å². The second-order valence-electron chi connectivity index (χ2n) is 4.77. The SMILES string of the molecule is Brc1ccc([C@H](NCc2ccon2)c2ccccc2)cc1. The lowest BCUT2D eigenvalue weighted by molar-refractivity contribution is 0.407. The average molecular weight is 343 g/mol. The maximum atomic E-state index is 4.88. The maximum absolute atomic E-state index is 4.88. The number of hydrogen-bond acceptors (Lipinski definition) is 3. The van der Waals surface area contributed by atoms with Crippen molar-refractivity contribution < 1.29 is 4.52 Å². The van der Waals surface area contributed by atoms with Crippen LogP contribution >= 0.6 is 15.9 Å². The molecule has 0 aliphatic rings. The fourth-order valence-electron chi connectivity index (χ4n) is 2.26. The Kier molecular flexibility index (Phi) is 4.48.